The van der Waals surface area contributed by atoms with Crippen molar-refractivity contribution in [1.29, 1.82) is 0 Å². The first-order chi connectivity index (χ1) is 11.8. The highest BCUT2D eigenvalue weighted by atomic mass is 16.1. The van der Waals surface area contributed by atoms with Gasteiger partial charge in [-0.25, -0.2) is 0 Å². The molecule has 4 aromatic rings. The Morgan fingerprint density at radius 3 is 2.25 bits per heavy atom. The van der Waals surface area contributed by atoms with Crippen LogP contribution < -0.4 is 0 Å². The van der Waals surface area contributed by atoms with Crippen LogP contribution in [0.4, 0.5) is 0 Å². The van der Waals surface area contributed by atoms with Crippen LogP contribution in [-0.4, -0.2) is 10.9 Å². The lowest BCUT2D eigenvalue weighted by atomic mass is 10.1. The molecule has 0 aliphatic rings. The number of fused-ring (bicyclic) bond motifs is 1. The maximum absolute atomic E-state index is 10.8. The van der Waals surface area contributed by atoms with Gasteiger partial charge in [0, 0.05) is 28.7 Å². The van der Waals surface area contributed by atoms with Crippen LogP contribution in [0.5, 0.6) is 0 Å². The van der Waals surface area contributed by atoms with Gasteiger partial charge >= 0.3 is 0 Å². The molecule has 3 aromatic carbocycles. The fourth-order valence-electron chi connectivity index (χ4n) is 3.11. The van der Waals surface area contributed by atoms with Gasteiger partial charge in [0.15, 0.2) is 0 Å². The summed E-state index contributed by atoms with van der Waals surface area (Å²) in [5.74, 6) is 0. The molecule has 0 saturated carbocycles. The maximum Gasteiger partial charge on any atom is 0.150 e. The van der Waals surface area contributed by atoms with Crippen LogP contribution in [0, 0.1) is 0 Å². The van der Waals surface area contributed by atoms with E-state index in [9.17, 15) is 4.79 Å². The molecular formula is C22H17NO. The van der Waals surface area contributed by atoms with E-state index in [2.05, 4.69) is 59.2 Å². The topological polar surface area (TPSA) is 22.0 Å². The Kier molecular flexibility index (Phi) is 3.72. The fourth-order valence-corrected chi connectivity index (χ4v) is 3.11. The van der Waals surface area contributed by atoms with Crippen molar-refractivity contribution in [1.82, 2.24) is 4.57 Å². The van der Waals surface area contributed by atoms with Gasteiger partial charge in [0.2, 0.25) is 0 Å². The lowest BCUT2D eigenvalue weighted by molar-refractivity contribution is 0.112. The van der Waals surface area contributed by atoms with E-state index >= 15 is 0 Å². The Hall–Kier alpha value is -3.13. The van der Waals surface area contributed by atoms with Crippen molar-refractivity contribution in [3.8, 4) is 11.3 Å². The summed E-state index contributed by atoms with van der Waals surface area (Å²) in [6.07, 6.45) is 0.879. The lowest BCUT2D eigenvalue weighted by Gasteiger charge is -2.11. The molecule has 1 heterocycles. The summed E-state index contributed by atoms with van der Waals surface area (Å²) in [7, 11) is 0. The third kappa shape index (κ3) is 2.63. The molecule has 24 heavy (non-hydrogen) atoms. The first-order valence-corrected chi connectivity index (χ1v) is 8.03. The smallest absolute Gasteiger partial charge is 0.150 e. The van der Waals surface area contributed by atoms with Gasteiger partial charge < -0.3 is 4.57 Å². The molecule has 1 aromatic heterocycles. The largest absolute Gasteiger partial charge is 0.336 e. The Morgan fingerprint density at radius 2 is 1.50 bits per heavy atom. The van der Waals surface area contributed by atoms with Crippen molar-refractivity contribution >= 4 is 17.2 Å². The number of benzene rings is 3. The fraction of sp³-hybridized carbons (Fsp3) is 0.0455. The van der Waals surface area contributed by atoms with E-state index in [1.54, 1.807) is 0 Å². The van der Waals surface area contributed by atoms with Crippen LogP contribution in [0.1, 0.15) is 15.9 Å². The molecular weight excluding hydrogens is 294 g/mol. The average Bonchev–Trinajstić information content (AvgIpc) is 3.02. The first kappa shape index (κ1) is 14.5. The van der Waals surface area contributed by atoms with Crippen molar-refractivity contribution in [3.63, 3.8) is 0 Å². The van der Waals surface area contributed by atoms with E-state index in [4.69, 9.17) is 0 Å². The highest BCUT2D eigenvalue weighted by Crippen LogP contribution is 2.29. The second-order valence-electron chi connectivity index (χ2n) is 5.90. The molecule has 0 atom stereocenters. The molecule has 2 heteroatoms. The van der Waals surface area contributed by atoms with E-state index < -0.39 is 0 Å². The second-order valence-corrected chi connectivity index (χ2v) is 5.90. The van der Waals surface area contributed by atoms with Gasteiger partial charge in [0.25, 0.3) is 0 Å². The molecule has 0 bridgehead atoms. The van der Waals surface area contributed by atoms with Crippen LogP contribution in [0.2, 0.25) is 0 Å². The third-order valence-corrected chi connectivity index (χ3v) is 4.34. The predicted octanol–water partition coefficient (Wildman–Crippen LogP) is 5.17. The zero-order valence-corrected chi connectivity index (χ0v) is 13.2. The first-order valence-electron chi connectivity index (χ1n) is 8.03. The number of nitrogens with zero attached hydrogens (tertiary/aromatic N) is 1. The van der Waals surface area contributed by atoms with Crippen LogP contribution in [0.3, 0.4) is 0 Å². The van der Waals surface area contributed by atoms with Gasteiger partial charge in [0.05, 0.1) is 0 Å². The van der Waals surface area contributed by atoms with E-state index in [0.29, 0.717) is 5.56 Å². The molecule has 0 N–H and O–H groups in total. The van der Waals surface area contributed by atoms with Gasteiger partial charge in [-0.15, -0.1) is 0 Å². The monoisotopic (exact) mass is 311 g/mol. The van der Waals surface area contributed by atoms with Crippen molar-refractivity contribution < 1.29 is 4.79 Å². The van der Waals surface area contributed by atoms with Crippen molar-refractivity contribution in [2.75, 3.05) is 0 Å². The highest BCUT2D eigenvalue weighted by Gasteiger charge is 2.10. The standard InChI is InChI=1S/C22H17NO/c24-16-18-12-10-17(11-13-18)15-23-21-9-5-4-8-20(21)14-22(23)19-6-2-1-3-7-19/h1-14,16H,15H2. The second kappa shape index (κ2) is 6.17. The summed E-state index contributed by atoms with van der Waals surface area (Å²) in [5, 5.41) is 1.24. The predicted molar refractivity (Wildman–Crippen MR) is 98.3 cm³/mol. The third-order valence-electron chi connectivity index (χ3n) is 4.34. The number of aromatic nitrogens is 1. The summed E-state index contributed by atoms with van der Waals surface area (Å²) in [6.45, 7) is 0.775. The SMILES string of the molecule is O=Cc1ccc(Cn2c(-c3ccccc3)cc3ccccc32)cc1. The van der Waals surface area contributed by atoms with Crippen LogP contribution in [-0.2, 0) is 6.54 Å². The number of aldehydes is 1. The summed E-state index contributed by atoms with van der Waals surface area (Å²) in [6, 6.07) is 28.9. The van der Waals surface area contributed by atoms with E-state index in [1.165, 1.54) is 27.7 Å². The number of hydrogen-bond acceptors (Lipinski definition) is 1. The highest BCUT2D eigenvalue weighted by molar-refractivity contribution is 5.87. The lowest BCUT2D eigenvalue weighted by Crippen LogP contribution is -2.01. The maximum atomic E-state index is 10.8. The van der Waals surface area contributed by atoms with Gasteiger partial charge in [-0.1, -0.05) is 72.8 Å². The van der Waals surface area contributed by atoms with Crippen LogP contribution >= 0.6 is 0 Å². The van der Waals surface area contributed by atoms with Crippen LogP contribution in [0.25, 0.3) is 22.2 Å². The number of carbonyl (C=O) groups excluding carboxylic acids is 1. The Morgan fingerprint density at radius 1 is 0.792 bits per heavy atom. The number of hydrogen-bond donors (Lipinski definition) is 0. The Bertz CT molecular complexity index is 982. The molecule has 0 radical (unpaired) electrons. The van der Waals surface area contributed by atoms with E-state index in [1.807, 2.05) is 30.3 Å². The van der Waals surface area contributed by atoms with Crippen molar-refractivity contribution in [2.24, 2.45) is 0 Å². The number of rotatable bonds is 4. The number of carbonyl (C=O) groups is 1. The molecule has 0 saturated heterocycles. The van der Waals surface area contributed by atoms with Crippen LogP contribution in [0.15, 0.2) is 84.9 Å². The molecule has 0 fully saturated rings. The summed E-state index contributed by atoms with van der Waals surface area (Å²) >= 11 is 0. The molecule has 0 spiro atoms. The molecule has 116 valence electrons. The van der Waals surface area contributed by atoms with Gasteiger partial charge in [0.1, 0.15) is 6.29 Å². The van der Waals surface area contributed by atoms with Crippen molar-refractivity contribution in [3.05, 3.63) is 96.1 Å². The zero-order valence-electron chi connectivity index (χ0n) is 13.2. The molecule has 2 nitrogen and oxygen atoms in total. The quantitative estimate of drug-likeness (QED) is 0.477. The van der Waals surface area contributed by atoms with Crippen molar-refractivity contribution in [2.45, 2.75) is 6.54 Å². The minimum atomic E-state index is 0.708. The van der Waals surface area contributed by atoms with Gasteiger partial charge in [-0.05, 0) is 23.3 Å². The van der Waals surface area contributed by atoms with Gasteiger partial charge in [-0.3, -0.25) is 4.79 Å². The normalized spacial score (nSPS) is 10.8. The Labute approximate surface area is 141 Å². The molecule has 0 aliphatic heterocycles. The minimum Gasteiger partial charge on any atom is -0.336 e. The molecule has 0 aliphatic carbocycles. The minimum absolute atomic E-state index is 0.708. The summed E-state index contributed by atoms with van der Waals surface area (Å²) in [5.41, 5.74) is 5.52. The van der Waals surface area contributed by atoms with Gasteiger partial charge in [-0.2, -0.15) is 0 Å². The van der Waals surface area contributed by atoms with E-state index in [-0.39, 0.29) is 0 Å². The molecule has 0 amide bonds. The summed E-state index contributed by atoms with van der Waals surface area (Å²) in [4.78, 5) is 10.8. The zero-order chi connectivity index (χ0) is 16.4. The Balaban J connectivity index is 1.84. The summed E-state index contributed by atoms with van der Waals surface area (Å²) < 4.78 is 2.33. The van der Waals surface area contributed by atoms with E-state index in [0.717, 1.165) is 12.8 Å². The molecule has 0 unspecified atom stereocenters. The number of para-hydroxylation sites is 1. The molecule has 4 rings (SSSR count). The average molecular weight is 311 g/mol.